The number of aromatic nitrogens is 2. The van der Waals surface area contributed by atoms with Crippen LogP contribution in [0.2, 0.25) is 0 Å². The van der Waals surface area contributed by atoms with E-state index < -0.39 is 0 Å². The molecular formula is C25H29N7. The maximum absolute atomic E-state index is 9.36. The zero-order valence-corrected chi connectivity index (χ0v) is 18.6. The van der Waals surface area contributed by atoms with Crippen LogP contribution in [0.1, 0.15) is 29.5 Å². The number of aromatic amines is 1. The number of hydrogen-bond acceptors (Lipinski definition) is 4. The minimum atomic E-state index is -0.0943. The normalized spacial score (nSPS) is 18.4. The lowest BCUT2D eigenvalue weighted by molar-refractivity contribution is 0.226. The van der Waals surface area contributed by atoms with Gasteiger partial charge in [0.15, 0.2) is 6.19 Å². The number of nitrogens with one attached hydrogen (secondary N) is 3. The molecule has 3 N–H and O–H groups in total. The van der Waals surface area contributed by atoms with Gasteiger partial charge in [-0.05, 0) is 75.0 Å². The SMILES string of the molecule is CN(C)C(Cc1ccc2[nH]ncc2c1)C1(NC(=NC2Cc3ccccc3C2)NC#N)CC1. The summed E-state index contributed by atoms with van der Waals surface area (Å²) in [6.45, 7) is 0. The molecule has 5 rings (SSSR count). The van der Waals surface area contributed by atoms with Gasteiger partial charge in [0.25, 0.3) is 0 Å². The molecule has 1 atom stereocenters. The van der Waals surface area contributed by atoms with Crippen molar-refractivity contribution < 1.29 is 0 Å². The first kappa shape index (κ1) is 20.5. The zero-order valence-electron chi connectivity index (χ0n) is 18.6. The first-order valence-corrected chi connectivity index (χ1v) is 11.2. The van der Waals surface area contributed by atoms with E-state index in [-0.39, 0.29) is 17.6 Å². The van der Waals surface area contributed by atoms with Gasteiger partial charge in [0.1, 0.15) is 0 Å². The molecule has 1 unspecified atom stereocenters. The largest absolute Gasteiger partial charge is 0.349 e. The summed E-state index contributed by atoms with van der Waals surface area (Å²) in [5, 5.41) is 24.1. The summed E-state index contributed by atoms with van der Waals surface area (Å²) in [5.74, 6) is 0.597. The maximum atomic E-state index is 9.36. The van der Waals surface area contributed by atoms with Crippen molar-refractivity contribution in [3.05, 3.63) is 65.4 Å². The zero-order chi connectivity index (χ0) is 22.1. The van der Waals surface area contributed by atoms with Crippen molar-refractivity contribution in [3.8, 4) is 6.19 Å². The van der Waals surface area contributed by atoms with Gasteiger partial charge in [-0.25, -0.2) is 4.99 Å². The number of guanidine groups is 1. The average Bonchev–Trinajstić information content (AvgIpc) is 3.20. The van der Waals surface area contributed by atoms with Crippen LogP contribution in [-0.4, -0.2) is 52.8 Å². The number of likely N-dealkylation sites (N-methyl/N-ethyl adjacent to an activating group) is 1. The highest BCUT2D eigenvalue weighted by Gasteiger charge is 2.51. The maximum Gasteiger partial charge on any atom is 0.205 e. The van der Waals surface area contributed by atoms with E-state index in [9.17, 15) is 5.26 Å². The van der Waals surface area contributed by atoms with E-state index in [4.69, 9.17) is 4.99 Å². The number of fused-ring (bicyclic) bond motifs is 2. The van der Waals surface area contributed by atoms with Crippen molar-refractivity contribution in [1.29, 1.82) is 5.26 Å². The third-order valence-electron chi connectivity index (χ3n) is 6.87. The third kappa shape index (κ3) is 4.06. The van der Waals surface area contributed by atoms with Gasteiger partial charge in [-0.15, -0.1) is 0 Å². The van der Waals surface area contributed by atoms with E-state index >= 15 is 0 Å². The van der Waals surface area contributed by atoms with Crippen molar-refractivity contribution >= 4 is 16.9 Å². The molecule has 0 bridgehead atoms. The number of hydrogen-bond donors (Lipinski definition) is 3. The van der Waals surface area contributed by atoms with E-state index in [1.165, 1.54) is 16.7 Å². The standard InChI is InChI=1S/C25H29N7/c1-32(2)23(12-17-7-8-22-20(11-17)15-28-31-22)25(9-10-25)30-24(27-16-26)29-21-13-18-5-3-4-6-19(18)14-21/h3-8,11,15,21,23H,9-10,12-14H2,1-2H3,(H,28,31)(H2,27,29,30). The van der Waals surface area contributed by atoms with Crippen LogP contribution in [0.5, 0.6) is 0 Å². The first-order valence-electron chi connectivity index (χ1n) is 11.2. The van der Waals surface area contributed by atoms with Crippen LogP contribution in [0, 0.1) is 11.5 Å². The highest BCUT2D eigenvalue weighted by atomic mass is 15.3. The third-order valence-corrected chi connectivity index (χ3v) is 6.87. The Morgan fingerprint density at radius 3 is 2.66 bits per heavy atom. The van der Waals surface area contributed by atoms with Crippen molar-refractivity contribution in [3.63, 3.8) is 0 Å². The van der Waals surface area contributed by atoms with Crippen LogP contribution in [0.4, 0.5) is 0 Å². The van der Waals surface area contributed by atoms with Crippen molar-refractivity contribution in [2.24, 2.45) is 4.99 Å². The Labute approximate surface area is 188 Å². The van der Waals surface area contributed by atoms with Gasteiger partial charge in [0.2, 0.25) is 5.96 Å². The van der Waals surface area contributed by atoms with Gasteiger partial charge in [-0.2, -0.15) is 10.4 Å². The van der Waals surface area contributed by atoms with Gasteiger partial charge < -0.3 is 10.2 Å². The lowest BCUT2D eigenvalue weighted by Gasteiger charge is -2.34. The van der Waals surface area contributed by atoms with E-state index in [0.717, 1.165) is 43.0 Å². The molecule has 1 aromatic heterocycles. The highest BCUT2D eigenvalue weighted by Crippen LogP contribution is 2.42. The van der Waals surface area contributed by atoms with E-state index in [1.54, 1.807) is 0 Å². The number of benzene rings is 2. The summed E-state index contributed by atoms with van der Waals surface area (Å²) in [5.41, 5.74) is 4.96. The molecule has 2 aliphatic carbocycles. The average molecular weight is 428 g/mol. The van der Waals surface area contributed by atoms with Crippen LogP contribution in [-0.2, 0) is 19.3 Å². The fraction of sp³-hybridized carbons (Fsp3) is 0.400. The lowest BCUT2D eigenvalue weighted by atomic mass is 9.95. The second-order valence-corrected chi connectivity index (χ2v) is 9.30. The van der Waals surface area contributed by atoms with Crippen molar-refractivity contribution in [2.75, 3.05) is 14.1 Å². The van der Waals surface area contributed by atoms with Crippen LogP contribution in [0.15, 0.2) is 53.7 Å². The molecule has 0 spiro atoms. The Bertz CT molecular complexity index is 1160. The highest BCUT2D eigenvalue weighted by molar-refractivity contribution is 5.83. The minimum absolute atomic E-state index is 0.0943. The number of H-pyrrole nitrogens is 1. The topological polar surface area (TPSA) is 92.1 Å². The molecule has 2 aliphatic rings. The monoisotopic (exact) mass is 427 g/mol. The molecule has 0 saturated heterocycles. The molecule has 3 aromatic rings. The number of nitriles is 1. The van der Waals surface area contributed by atoms with Gasteiger partial charge in [0, 0.05) is 11.4 Å². The van der Waals surface area contributed by atoms with E-state index in [1.807, 2.05) is 6.20 Å². The molecule has 1 saturated carbocycles. The molecular weight excluding hydrogens is 398 g/mol. The molecule has 0 aliphatic heterocycles. The molecule has 1 heterocycles. The summed E-state index contributed by atoms with van der Waals surface area (Å²) >= 11 is 0. The Morgan fingerprint density at radius 2 is 2.00 bits per heavy atom. The molecule has 164 valence electrons. The summed E-state index contributed by atoms with van der Waals surface area (Å²) in [6.07, 6.45) is 8.82. The van der Waals surface area contributed by atoms with Crippen LogP contribution >= 0.6 is 0 Å². The van der Waals surface area contributed by atoms with Crippen LogP contribution in [0.25, 0.3) is 10.9 Å². The molecule has 0 radical (unpaired) electrons. The molecule has 32 heavy (non-hydrogen) atoms. The van der Waals surface area contributed by atoms with E-state index in [0.29, 0.717) is 5.96 Å². The predicted molar refractivity (Wildman–Crippen MR) is 126 cm³/mol. The quantitative estimate of drug-likeness (QED) is 0.244. The molecule has 0 amide bonds. The Morgan fingerprint density at radius 1 is 1.25 bits per heavy atom. The minimum Gasteiger partial charge on any atom is -0.349 e. The Hall–Kier alpha value is -3.37. The molecule has 2 aromatic carbocycles. The van der Waals surface area contributed by atoms with Gasteiger partial charge >= 0.3 is 0 Å². The Kier molecular flexibility index (Phi) is 5.32. The van der Waals surface area contributed by atoms with Crippen LogP contribution < -0.4 is 10.6 Å². The number of nitrogens with zero attached hydrogens (tertiary/aromatic N) is 4. The van der Waals surface area contributed by atoms with Gasteiger partial charge in [0.05, 0.1) is 23.3 Å². The second-order valence-electron chi connectivity index (χ2n) is 9.30. The van der Waals surface area contributed by atoms with Gasteiger partial charge in [-0.1, -0.05) is 30.3 Å². The smallest absolute Gasteiger partial charge is 0.205 e. The van der Waals surface area contributed by atoms with Crippen LogP contribution in [0.3, 0.4) is 0 Å². The van der Waals surface area contributed by atoms with Crippen molar-refractivity contribution in [1.82, 2.24) is 25.7 Å². The summed E-state index contributed by atoms with van der Waals surface area (Å²) in [7, 11) is 4.26. The summed E-state index contributed by atoms with van der Waals surface area (Å²) in [4.78, 5) is 7.22. The predicted octanol–water partition coefficient (Wildman–Crippen LogP) is 2.75. The Balaban J connectivity index is 1.34. The fourth-order valence-corrected chi connectivity index (χ4v) is 5.08. The molecule has 1 fully saturated rings. The first-order chi connectivity index (χ1) is 15.6. The number of aliphatic imine (C=N–C) groups is 1. The summed E-state index contributed by atoms with van der Waals surface area (Å²) in [6, 6.07) is 15.4. The number of rotatable bonds is 6. The van der Waals surface area contributed by atoms with Gasteiger partial charge in [-0.3, -0.25) is 10.4 Å². The fourth-order valence-electron chi connectivity index (χ4n) is 5.08. The van der Waals surface area contributed by atoms with Crippen molar-refractivity contribution in [2.45, 2.75) is 49.7 Å². The second kappa shape index (κ2) is 8.29. The lowest BCUT2D eigenvalue weighted by Crippen LogP contribution is -2.55. The molecule has 7 heteroatoms. The molecule has 7 nitrogen and oxygen atoms in total. The van der Waals surface area contributed by atoms with E-state index in [2.05, 4.69) is 88.5 Å². The summed E-state index contributed by atoms with van der Waals surface area (Å²) < 4.78 is 0.